The van der Waals surface area contributed by atoms with Gasteiger partial charge in [-0.3, -0.25) is 19.2 Å². The molecule has 0 saturated carbocycles. The molecule has 2 amide bonds. The van der Waals surface area contributed by atoms with Gasteiger partial charge in [-0.15, -0.1) is 0 Å². The number of hydrogen-bond donors (Lipinski definition) is 0. The number of amides is 2. The van der Waals surface area contributed by atoms with Crippen LogP contribution in [0.3, 0.4) is 0 Å². The van der Waals surface area contributed by atoms with E-state index in [-0.39, 0.29) is 11.8 Å². The van der Waals surface area contributed by atoms with Crippen molar-refractivity contribution in [2.75, 3.05) is 38.2 Å². The van der Waals surface area contributed by atoms with Crippen molar-refractivity contribution in [3.63, 3.8) is 0 Å². The zero-order valence-corrected chi connectivity index (χ0v) is 26.4. The fourth-order valence-electron chi connectivity index (χ4n) is 5.98. The van der Waals surface area contributed by atoms with Crippen LogP contribution in [0.1, 0.15) is 60.3 Å². The van der Waals surface area contributed by atoms with Crippen LogP contribution in [-0.4, -0.2) is 70.7 Å². The highest BCUT2D eigenvalue weighted by Crippen LogP contribution is 2.29. The summed E-state index contributed by atoms with van der Waals surface area (Å²) >= 11 is 0. The number of fused-ring (bicyclic) bond motifs is 1. The third kappa shape index (κ3) is 7.40. The zero-order valence-electron chi connectivity index (χ0n) is 26.4. The predicted molar refractivity (Wildman–Crippen MR) is 168 cm³/mol. The summed E-state index contributed by atoms with van der Waals surface area (Å²) in [5.74, 6) is 0.964. The van der Waals surface area contributed by atoms with E-state index in [4.69, 9.17) is 4.74 Å². The summed E-state index contributed by atoms with van der Waals surface area (Å²) in [4.78, 5) is 34.1. The van der Waals surface area contributed by atoms with E-state index < -0.39 is 0 Å². The van der Waals surface area contributed by atoms with Crippen LogP contribution in [0.25, 0.3) is 0 Å². The lowest BCUT2D eigenvalue weighted by molar-refractivity contribution is -0.132. The Morgan fingerprint density at radius 3 is 2.33 bits per heavy atom. The average molecular weight is 574 g/mol. The maximum atomic E-state index is 13.9. The number of rotatable bonds is 7. The van der Waals surface area contributed by atoms with Gasteiger partial charge >= 0.3 is 0 Å². The highest BCUT2D eigenvalue weighted by Gasteiger charge is 2.26. The highest BCUT2D eigenvalue weighted by atomic mass is 16.5. The number of methoxy groups -OCH3 is 1. The molecule has 1 aromatic heterocycles. The van der Waals surface area contributed by atoms with Gasteiger partial charge in [0.15, 0.2) is 0 Å². The van der Waals surface area contributed by atoms with Gasteiger partial charge in [0.25, 0.3) is 0 Å². The van der Waals surface area contributed by atoms with Gasteiger partial charge in [0.1, 0.15) is 5.75 Å². The second-order valence-corrected chi connectivity index (χ2v) is 11.7. The second-order valence-electron chi connectivity index (χ2n) is 11.7. The summed E-state index contributed by atoms with van der Waals surface area (Å²) in [6.45, 7) is 13.9. The monoisotopic (exact) mass is 573 g/mol. The first-order valence-corrected chi connectivity index (χ1v) is 15.1. The standard InChI is InChI=1S/C34H47N5O3/c1-24(2)37-18-9-19-39(33(41)22-28-12-14-30(42-7)15-13-28)34-25(3)10-8-11-29(34)23-38(21-20-37)32(40)17-16-31-26(4)35-36(6)27(31)5/h8,10-15,24H,9,16-23H2,1-7H3. The van der Waals surface area contributed by atoms with Gasteiger partial charge in [-0.25, -0.2) is 0 Å². The largest absolute Gasteiger partial charge is 0.497 e. The van der Waals surface area contributed by atoms with Gasteiger partial charge in [0, 0.05) is 57.9 Å². The van der Waals surface area contributed by atoms with Gasteiger partial charge in [0.05, 0.1) is 24.9 Å². The molecule has 2 heterocycles. The van der Waals surface area contributed by atoms with Crippen molar-refractivity contribution < 1.29 is 14.3 Å². The van der Waals surface area contributed by atoms with Crippen molar-refractivity contribution in [3.8, 4) is 5.75 Å². The van der Waals surface area contributed by atoms with Crippen LogP contribution >= 0.6 is 0 Å². The molecule has 8 nitrogen and oxygen atoms in total. The normalized spacial score (nSPS) is 15.0. The molecule has 4 rings (SSSR count). The maximum absolute atomic E-state index is 13.9. The van der Waals surface area contributed by atoms with Crippen LogP contribution < -0.4 is 9.64 Å². The molecule has 0 aliphatic carbocycles. The summed E-state index contributed by atoms with van der Waals surface area (Å²) in [5.41, 5.74) is 7.19. The molecule has 0 N–H and O–H groups in total. The summed E-state index contributed by atoms with van der Waals surface area (Å²) in [6, 6.07) is 14.2. The fraction of sp³-hybridized carbons (Fsp3) is 0.500. The van der Waals surface area contributed by atoms with Crippen molar-refractivity contribution in [1.29, 1.82) is 0 Å². The number of ether oxygens (including phenoxy) is 1. The van der Waals surface area contributed by atoms with E-state index in [9.17, 15) is 9.59 Å². The van der Waals surface area contributed by atoms with E-state index in [1.165, 1.54) is 0 Å². The molecule has 0 fully saturated rings. The van der Waals surface area contributed by atoms with Crippen molar-refractivity contribution in [2.45, 2.75) is 72.9 Å². The van der Waals surface area contributed by atoms with Gasteiger partial charge < -0.3 is 14.5 Å². The minimum Gasteiger partial charge on any atom is -0.497 e. The Bertz CT molecular complexity index is 1380. The Morgan fingerprint density at radius 2 is 1.69 bits per heavy atom. The van der Waals surface area contributed by atoms with Crippen LogP contribution in [0.15, 0.2) is 42.5 Å². The number of nitrogens with zero attached hydrogens (tertiary/aromatic N) is 5. The second kappa shape index (κ2) is 14.0. The van der Waals surface area contributed by atoms with Gasteiger partial charge in [-0.2, -0.15) is 5.10 Å². The van der Waals surface area contributed by atoms with E-state index in [0.29, 0.717) is 44.9 Å². The third-order valence-electron chi connectivity index (χ3n) is 8.58. The van der Waals surface area contributed by atoms with Crippen molar-refractivity contribution in [1.82, 2.24) is 19.6 Å². The highest BCUT2D eigenvalue weighted by molar-refractivity contribution is 5.96. The van der Waals surface area contributed by atoms with E-state index >= 15 is 0 Å². The van der Waals surface area contributed by atoms with Gasteiger partial charge in [-0.1, -0.05) is 30.3 Å². The summed E-state index contributed by atoms with van der Waals surface area (Å²) < 4.78 is 7.19. The molecule has 2 aromatic carbocycles. The average Bonchev–Trinajstić information content (AvgIpc) is 3.18. The van der Waals surface area contributed by atoms with Gasteiger partial charge in [-0.05, 0) is 81.8 Å². The van der Waals surface area contributed by atoms with E-state index in [0.717, 1.165) is 64.6 Å². The van der Waals surface area contributed by atoms with Gasteiger partial charge in [0.2, 0.25) is 11.8 Å². The van der Waals surface area contributed by atoms with E-state index in [1.54, 1.807) is 7.11 Å². The molecule has 1 aliphatic heterocycles. The number of carbonyl (C=O) groups is 2. The van der Waals surface area contributed by atoms with Crippen LogP contribution in [0.2, 0.25) is 0 Å². The van der Waals surface area contributed by atoms with E-state index in [1.807, 2.05) is 58.8 Å². The molecule has 0 saturated heterocycles. The Kier molecular flexibility index (Phi) is 10.4. The third-order valence-corrected chi connectivity index (χ3v) is 8.58. The number of aromatic nitrogens is 2. The van der Waals surface area contributed by atoms with Crippen molar-refractivity contribution in [3.05, 3.63) is 76.1 Å². The van der Waals surface area contributed by atoms with Crippen molar-refractivity contribution in [2.24, 2.45) is 7.05 Å². The molecule has 0 spiro atoms. The molecule has 1 aliphatic rings. The quantitative estimate of drug-likeness (QED) is 0.398. The number of carbonyl (C=O) groups excluding carboxylic acids is 2. The number of hydrogen-bond acceptors (Lipinski definition) is 5. The molecule has 0 radical (unpaired) electrons. The number of anilines is 1. The molecule has 3 aromatic rings. The zero-order chi connectivity index (χ0) is 30.4. The first-order chi connectivity index (χ1) is 20.1. The molecular weight excluding hydrogens is 526 g/mol. The molecule has 0 bridgehead atoms. The smallest absolute Gasteiger partial charge is 0.231 e. The molecule has 0 atom stereocenters. The first kappa shape index (κ1) is 31.3. The molecule has 42 heavy (non-hydrogen) atoms. The molecular formula is C34H47N5O3. The lowest BCUT2D eigenvalue weighted by Gasteiger charge is -2.30. The number of benzene rings is 2. The minimum atomic E-state index is 0.0615. The Hall–Kier alpha value is -3.65. The first-order valence-electron chi connectivity index (χ1n) is 15.1. The minimum absolute atomic E-state index is 0.0615. The number of aryl methyl sites for hydroxylation is 3. The van der Waals surface area contributed by atoms with Crippen LogP contribution in [0.4, 0.5) is 5.69 Å². The lowest BCUT2D eigenvalue weighted by atomic mass is 10.0. The van der Waals surface area contributed by atoms with Crippen LogP contribution in [-0.2, 0) is 36.0 Å². The van der Waals surface area contributed by atoms with Crippen molar-refractivity contribution >= 4 is 17.5 Å². The predicted octanol–water partition coefficient (Wildman–Crippen LogP) is 5.01. The fourth-order valence-corrected chi connectivity index (χ4v) is 5.98. The SMILES string of the molecule is COc1ccc(CC(=O)N2CCCN(C(C)C)CCN(C(=O)CCc3c(C)nn(C)c3C)Cc3cccc(C)c32)cc1. The van der Waals surface area contributed by atoms with Crippen LogP contribution in [0, 0.1) is 20.8 Å². The summed E-state index contributed by atoms with van der Waals surface area (Å²) in [5, 5.41) is 4.54. The lowest BCUT2D eigenvalue weighted by Crippen LogP contribution is -2.41. The summed E-state index contributed by atoms with van der Waals surface area (Å²) in [7, 11) is 3.59. The molecule has 8 heteroatoms. The summed E-state index contributed by atoms with van der Waals surface area (Å²) in [6.07, 6.45) is 2.25. The number of para-hydroxylation sites is 1. The Balaban J connectivity index is 1.64. The van der Waals surface area contributed by atoms with Crippen LogP contribution in [0.5, 0.6) is 5.75 Å². The molecule has 226 valence electrons. The topological polar surface area (TPSA) is 70.9 Å². The maximum Gasteiger partial charge on any atom is 0.231 e. The van der Waals surface area contributed by atoms with E-state index in [2.05, 4.69) is 49.8 Å². The molecule has 0 unspecified atom stereocenters. The Morgan fingerprint density at radius 1 is 0.952 bits per heavy atom. The Labute approximate surface area is 251 Å².